The van der Waals surface area contributed by atoms with E-state index in [1.54, 1.807) is 0 Å². The van der Waals surface area contributed by atoms with Crippen LogP contribution < -0.4 is 5.32 Å². The average molecular weight is 262 g/mol. The van der Waals surface area contributed by atoms with Crippen LogP contribution in [0.3, 0.4) is 0 Å². The Balaban J connectivity index is 1.98. The van der Waals surface area contributed by atoms with Gasteiger partial charge in [0.05, 0.1) is 19.3 Å². The molecular formula is C12H26N2O2S. The maximum Gasteiger partial charge on any atom is 0.0791 e. The van der Waals surface area contributed by atoms with Crippen molar-refractivity contribution in [2.24, 2.45) is 0 Å². The third-order valence-electron chi connectivity index (χ3n) is 3.08. The van der Waals surface area contributed by atoms with E-state index in [0.29, 0.717) is 11.8 Å². The van der Waals surface area contributed by atoms with Crippen LogP contribution in [-0.2, 0) is 4.74 Å². The van der Waals surface area contributed by atoms with Gasteiger partial charge in [-0.1, -0.05) is 6.92 Å². The van der Waals surface area contributed by atoms with Crippen LogP contribution in [0.25, 0.3) is 0 Å². The molecule has 0 aromatic rings. The van der Waals surface area contributed by atoms with Crippen molar-refractivity contribution in [1.29, 1.82) is 0 Å². The first-order chi connectivity index (χ1) is 8.22. The highest BCUT2D eigenvalue weighted by atomic mass is 32.2. The molecule has 0 aliphatic carbocycles. The van der Waals surface area contributed by atoms with Crippen LogP contribution in [0.4, 0.5) is 0 Å². The van der Waals surface area contributed by atoms with Crippen molar-refractivity contribution in [3.8, 4) is 0 Å². The number of morpholine rings is 1. The van der Waals surface area contributed by atoms with Gasteiger partial charge in [-0.15, -0.1) is 0 Å². The Bertz CT molecular complexity index is 189. The van der Waals surface area contributed by atoms with Crippen LogP contribution in [0, 0.1) is 0 Å². The monoisotopic (exact) mass is 262 g/mol. The molecular weight excluding hydrogens is 236 g/mol. The van der Waals surface area contributed by atoms with Crippen molar-refractivity contribution >= 4 is 11.8 Å². The molecule has 0 bridgehead atoms. The second kappa shape index (κ2) is 9.16. The second-order valence-electron chi connectivity index (χ2n) is 4.61. The quantitative estimate of drug-likeness (QED) is 0.620. The van der Waals surface area contributed by atoms with E-state index >= 15 is 0 Å². The van der Waals surface area contributed by atoms with Gasteiger partial charge in [0.25, 0.3) is 0 Å². The van der Waals surface area contributed by atoms with Gasteiger partial charge in [-0.3, -0.25) is 4.90 Å². The minimum atomic E-state index is -0.266. The molecule has 0 aromatic heterocycles. The number of nitrogens with zero attached hydrogens (tertiary/aromatic N) is 1. The van der Waals surface area contributed by atoms with Gasteiger partial charge in [-0.25, -0.2) is 0 Å². The normalized spacial score (nSPS) is 21.4. The number of rotatable bonds is 8. The highest BCUT2D eigenvalue weighted by Crippen LogP contribution is 2.07. The number of nitrogens with one attached hydrogen (secondary N) is 1. The van der Waals surface area contributed by atoms with Gasteiger partial charge in [0.15, 0.2) is 0 Å². The van der Waals surface area contributed by atoms with Crippen molar-refractivity contribution in [2.75, 3.05) is 52.2 Å². The molecule has 5 heteroatoms. The molecule has 2 N–H and O–H groups in total. The van der Waals surface area contributed by atoms with Gasteiger partial charge in [0.2, 0.25) is 0 Å². The van der Waals surface area contributed by atoms with Crippen molar-refractivity contribution in [1.82, 2.24) is 10.2 Å². The Morgan fingerprint density at radius 2 is 2.12 bits per heavy atom. The molecule has 4 nitrogen and oxygen atoms in total. The zero-order chi connectivity index (χ0) is 12.5. The minimum Gasteiger partial charge on any atom is -0.390 e. The maximum absolute atomic E-state index is 9.87. The van der Waals surface area contributed by atoms with E-state index < -0.39 is 0 Å². The third-order valence-corrected chi connectivity index (χ3v) is 4.12. The maximum atomic E-state index is 9.87. The SMILES string of the molecule is CSC(C)CCNCC(O)CN1CCOCC1. The molecule has 0 aromatic carbocycles. The molecule has 0 radical (unpaired) electrons. The molecule has 102 valence electrons. The fraction of sp³-hybridized carbons (Fsp3) is 1.00. The predicted octanol–water partition coefficient (Wildman–Crippen LogP) is 0.411. The molecule has 2 unspecified atom stereocenters. The van der Waals surface area contributed by atoms with Crippen LogP contribution in [0.5, 0.6) is 0 Å². The van der Waals surface area contributed by atoms with Crippen LogP contribution in [0.15, 0.2) is 0 Å². The lowest BCUT2D eigenvalue weighted by atomic mass is 10.3. The molecule has 2 atom stereocenters. The fourth-order valence-corrected chi connectivity index (χ4v) is 2.19. The molecule has 1 fully saturated rings. The smallest absolute Gasteiger partial charge is 0.0791 e. The van der Waals surface area contributed by atoms with Crippen molar-refractivity contribution in [3.63, 3.8) is 0 Å². The van der Waals surface area contributed by atoms with E-state index in [2.05, 4.69) is 23.4 Å². The van der Waals surface area contributed by atoms with Crippen LogP contribution >= 0.6 is 11.8 Å². The van der Waals surface area contributed by atoms with Gasteiger partial charge in [-0.2, -0.15) is 11.8 Å². The number of ether oxygens (including phenoxy) is 1. The first-order valence-corrected chi connectivity index (χ1v) is 7.73. The Hall–Kier alpha value is 0.190. The van der Waals surface area contributed by atoms with Crippen LogP contribution in [0.1, 0.15) is 13.3 Å². The second-order valence-corrected chi connectivity index (χ2v) is 5.88. The van der Waals surface area contributed by atoms with Gasteiger partial charge >= 0.3 is 0 Å². The van der Waals surface area contributed by atoms with Crippen molar-refractivity contribution in [3.05, 3.63) is 0 Å². The molecule has 1 saturated heterocycles. The summed E-state index contributed by atoms with van der Waals surface area (Å²) in [7, 11) is 0. The number of β-amino-alcohol motifs (C(OH)–C–C–N with tert-alkyl or cyclic N) is 1. The summed E-state index contributed by atoms with van der Waals surface area (Å²) in [5.41, 5.74) is 0. The Kier molecular flexibility index (Phi) is 8.22. The lowest BCUT2D eigenvalue weighted by Crippen LogP contribution is -2.43. The number of hydrogen-bond acceptors (Lipinski definition) is 5. The zero-order valence-electron chi connectivity index (χ0n) is 11.0. The van der Waals surface area contributed by atoms with Crippen molar-refractivity contribution < 1.29 is 9.84 Å². The lowest BCUT2D eigenvalue weighted by Gasteiger charge is -2.28. The number of hydrogen-bond donors (Lipinski definition) is 2. The van der Waals surface area contributed by atoms with E-state index in [1.165, 1.54) is 0 Å². The Labute approximate surface area is 109 Å². The van der Waals surface area contributed by atoms with Crippen LogP contribution in [0.2, 0.25) is 0 Å². The summed E-state index contributed by atoms with van der Waals surface area (Å²) in [6.07, 6.45) is 3.03. The van der Waals surface area contributed by atoms with E-state index in [1.807, 2.05) is 11.8 Å². The first-order valence-electron chi connectivity index (χ1n) is 6.44. The topological polar surface area (TPSA) is 44.7 Å². The minimum absolute atomic E-state index is 0.266. The Morgan fingerprint density at radius 1 is 1.41 bits per heavy atom. The molecule has 17 heavy (non-hydrogen) atoms. The summed E-state index contributed by atoms with van der Waals surface area (Å²) < 4.78 is 5.28. The summed E-state index contributed by atoms with van der Waals surface area (Å²) in [5.74, 6) is 0. The largest absolute Gasteiger partial charge is 0.390 e. The van der Waals surface area contributed by atoms with Crippen LogP contribution in [-0.4, -0.2) is 73.6 Å². The molecule has 1 aliphatic rings. The number of aliphatic hydroxyl groups is 1. The van der Waals surface area contributed by atoms with Gasteiger partial charge < -0.3 is 15.2 Å². The molecule has 0 amide bonds. The predicted molar refractivity (Wildman–Crippen MR) is 73.7 cm³/mol. The summed E-state index contributed by atoms with van der Waals surface area (Å²) in [6, 6.07) is 0. The standard InChI is InChI=1S/C12H26N2O2S/c1-11(17-2)3-4-13-9-12(15)10-14-5-7-16-8-6-14/h11-13,15H,3-10H2,1-2H3. The molecule has 1 aliphatic heterocycles. The van der Waals surface area contributed by atoms with E-state index in [9.17, 15) is 5.11 Å². The highest BCUT2D eigenvalue weighted by Gasteiger charge is 2.14. The van der Waals surface area contributed by atoms with Gasteiger partial charge in [0, 0.05) is 31.4 Å². The van der Waals surface area contributed by atoms with E-state index in [-0.39, 0.29) is 6.10 Å². The third kappa shape index (κ3) is 7.26. The Morgan fingerprint density at radius 3 is 2.76 bits per heavy atom. The summed E-state index contributed by atoms with van der Waals surface area (Å²) in [6.45, 7) is 8.16. The van der Waals surface area contributed by atoms with Gasteiger partial charge in [0.1, 0.15) is 0 Å². The van der Waals surface area contributed by atoms with Gasteiger partial charge in [-0.05, 0) is 19.2 Å². The average Bonchev–Trinajstić information content (AvgIpc) is 2.35. The number of aliphatic hydroxyl groups excluding tert-OH is 1. The molecule has 1 heterocycles. The highest BCUT2D eigenvalue weighted by molar-refractivity contribution is 7.99. The number of thioether (sulfide) groups is 1. The molecule has 0 spiro atoms. The van der Waals surface area contributed by atoms with E-state index in [0.717, 1.165) is 45.8 Å². The lowest BCUT2D eigenvalue weighted by molar-refractivity contribution is 0.0150. The summed E-state index contributed by atoms with van der Waals surface area (Å²) >= 11 is 1.89. The fourth-order valence-electron chi connectivity index (χ4n) is 1.84. The van der Waals surface area contributed by atoms with Crippen molar-refractivity contribution in [2.45, 2.75) is 24.7 Å². The summed E-state index contributed by atoms with van der Waals surface area (Å²) in [4.78, 5) is 2.26. The zero-order valence-corrected chi connectivity index (χ0v) is 11.8. The summed E-state index contributed by atoms with van der Waals surface area (Å²) in [5, 5.41) is 13.9. The molecule has 0 saturated carbocycles. The van der Waals surface area contributed by atoms with E-state index in [4.69, 9.17) is 4.74 Å². The first kappa shape index (κ1) is 15.2. The molecule has 1 rings (SSSR count).